The fourth-order valence-electron chi connectivity index (χ4n) is 4.20. The lowest BCUT2D eigenvalue weighted by atomic mass is 10.1. The SMILES string of the molecule is CC1COCCN1c1nc(-c2ccnc3[nH]ccc23)nc2c(C=Cc3ccccn3)csc12. The second kappa shape index (κ2) is 8.38. The van der Waals surface area contributed by atoms with Crippen molar-refractivity contribution < 1.29 is 4.74 Å². The highest BCUT2D eigenvalue weighted by atomic mass is 32.1. The molecule has 6 rings (SSSR count). The fraction of sp³-hybridized carbons (Fsp3) is 0.200. The van der Waals surface area contributed by atoms with Crippen molar-refractivity contribution in [3.63, 3.8) is 0 Å². The van der Waals surface area contributed by atoms with E-state index in [0.717, 1.165) is 50.4 Å². The summed E-state index contributed by atoms with van der Waals surface area (Å²) in [7, 11) is 0. The average molecular weight is 455 g/mol. The number of H-pyrrole nitrogens is 1. The molecule has 5 aromatic heterocycles. The molecule has 1 N–H and O–H groups in total. The van der Waals surface area contributed by atoms with Gasteiger partial charge < -0.3 is 14.6 Å². The summed E-state index contributed by atoms with van der Waals surface area (Å²) in [5, 5.41) is 3.16. The van der Waals surface area contributed by atoms with Crippen LogP contribution >= 0.6 is 11.3 Å². The molecule has 1 saturated heterocycles. The van der Waals surface area contributed by atoms with Crippen molar-refractivity contribution in [1.82, 2.24) is 24.9 Å². The van der Waals surface area contributed by atoms with Crippen LogP contribution in [0.2, 0.25) is 0 Å². The van der Waals surface area contributed by atoms with E-state index < -0.39 is 0 Å². The van der Waals surface area contributed by atoms with Crippen LogP contribution in [0.4, 0.5) is 5.82 Å². The Bertz CT molecular complexity index is 1460. The van der Waals surface area contributed by atoms with Crippen molar-refractivity contribution in [1.29, 1.82) is 0 Å². The number of hydrogen-bond donors (Lipinski definition) is 1. The zero-order valence-corrected chi connectivity index (χ0v) is 18.9. The van der Waals surface area contributed by atoms with Crippen molar-refractivity contribution in [2.75, 3.05) is 24.7 Å². The minimum Gasteiger partial charge on any atom is -0.377 e. The molecule has 6 heterocycles. The van der Waals surface area contributed by atoms with Gasteiger partial charge >= 0.3 is 0 Å². The molecule has 164 valence electrons. The van der Waals surface area contributed by atoms with Gasteiger partial charge in [-0.2, -0.15) is 0 Å². The molecule has 0 aliphatic carbocycles. The van der Waals surface area contributed by atoms with Crippen LogP contribution in [0, 0.1) is 0 Å². The number of rotatable bonds is 4. The molecule has 1 aliphatic heterocycles. The van der Waals surface area contributed by atoms with Gasteiger partial charge in [-0.3, -0.25) is 4.98 Å². The van der Waals surface area contributed by atoms with Gasteiger partial charge in [0.05, 0.1) is 35.2 Å². The maximum Gasteiger partial charge on any atom is 0.163 e. The monoisotopic (exact) mass is 454 g/mol. The lowest BCUT2D eigenvalue weighted by Gasteiger charge is -2.34. The minimum atomic E-state index is 0.240. The lowest BCUT2D eigenvalue weighted by molar-refractivity contribution is 0.0987. The van der Waals surface area contributed by atoms with E-state index >= 15 is 0 Å². The number of nitrogens with one attached hydrogen (secondary N) is 1. The third kappa shape index (κ3) is 3.67. The van der Waals surface area contributed by atoms with Gasteiger partial charge in [0, 0.05) is 47.0 Å². The molecule has 7 nitrogen and oxygen atoms in total. The molecule has 5 aromatic rings. The number of morpholine rings is 1. The van der Waals surface area contributed by atoms with Gasteiger partial charge in [0.2, 0.25) is 0 Å². The molecule has 33 heavy (non-hydrogen) atoms. The summed E-state index contributed by atoms with van der Waals surface area (Å²) >= 11 is 1.68. The Morgan fingerprint density at radius 3 is 2.97 bits per heavy atom. The van der Waals surface area contributed by atoms with E-state index in [-0.39, 0.29) is 6.04 Å². The van der Waals surface area contributed by atoms with Gasteiger partial charge in [-0.25, -0.2) is 15.0 Å². The first-order chi connectivity index (χ1) is 16.3. The average Bonchev–Trinajstić information content (AvgIpc) is 3.50. The fourth-order valence-corrected chi connectivity index (χ4v) is 5.18. The number of ether oxygens (including phenoxy) is 1. The first kappa shape index (κ1) is 20.0. The zero-order chi connectivity index (χ0) is 22.2. The number of aromatic amines is 1. The zero-order valence-electron chi connectivity index (χ0n) is 18.1. The second-order valence-electron chi connectivity index (χ2n) is 8.04. The summed E-state index contributed by atoms with van der Waals surface area (Å²) in [4.78, 5) is 24.5. The second-order valence-corrected chi connectivity index (χ2v) is 8.92. The molecule has 0 amide bonds. The summed E-state index contributed by atoms with van der Waals surface area (Å²) in [5.74, 6) is 1.67. The van der Waals surface area contributed by atoms with E-state index in [2.05, 4.69) is 38.2 Å². The molecular formula is C25H22N6OS. The van der Waals surface area contributed by atoms with Crippen molar-refractivity contribution in [3.8, 4) is 11.4 Å². The topological polar surface area (TPSA) is 79.8 Å². The largest absolute Gasteiger partial charge is 0.377 e. The van der Waals surface area contributed by atoms with Gasteiger partial charge in [-0.1, -0.05) is 6.07 Å². The maximum absolute atomic E-state index is 5.69. The summed E-state index contributed by atoms with van der Waals surface area (Å²) < 4.78 is 6.78. The van der Waals surface area contributed by atoms with Crippen LogP contribution in [0.3, 0.4) is 0 Å². The lowest BCUT2D eigenvalue weighted by Crippen LogP contribution is -2.44. The van der Waals surface area contributed by atoms with Crippen molar-refractivity contribution in [2.45, 2.75) is 13.0 Å². The van der Waals surface area contributed by atoms with E-state index in [4.69, 9.17) is 14.7 Å². The Morgan fingerprint density at radius 1 is 1.12 bits per heavy atom. The van der Waals surface area contributed by atoms with E-state index in [1.807, 2.05) is 42.6 Å². The predicted octanol–water partition coefficient (Wildman–Crippen LogP) is 5.03. The quantitative estimate of drug-likeness (QED) is 0.411. The van der Waals surface area contributed by atoms with Gasteiger partial charge in [0.1, 0.15) is 5.65 Å². The summed E-state index contributed by atoms with van der Waals surface area (Å²) in [6.07, 6.45) is 9.61. The molecule has 1 fully saturated rings. The van der Waals surface area contributed by atoms with Crippen molar-refractivity contribution >= 4 is 50.6 Å². The van der Waals surface area contributed by atoms with Crippen LogP contribution in [0.25, 0.3) is 44.8 Å². The van der Waals surface area contributed by atoms with Crippen LogP contribution in [-0.2, 0) is 4.74 Å². The number of hydrogen-bond acceptors (Lipinski definition) is 7. The van der Waals surface area contributed by atoms with Crippen LogP contribution in [0.1, 0.15) is 18.2 Å². The molecule has 8 heteroatoms. The number of pyridine rings is 2. The molecule has 1 atom stereocenters. The third-order valence-corrected chi connectivity index (χ3v) is 6.87. The first-order valence-electron chi connectivity index (χ1n) is 10.9. The van der Waals surface area contributed by atoms with Crippen LogP contribution in [-0.4, -0.2) is 50.7 Å². The summed E-state index contributed by atoms with van der Waals surface area (Å²) in [6, 6.07) is 10.2. The molecular weight excluding hydrogens is 432 g/mol. The predicted molar refractivity (Wildman–Crippen MR) is 133 cm³/mol. The van der Waals surface area contributed by atoms with Crippen LogP contribution < -0.4 is 4.90 Å². The molecule has 0 saturated carbocycles. The Morgan fingerprint density at radius 2 is 2.09 bits per heavy atom. The van der Waals surface area contributed by atoms with Gasteiger partial charge in [0.25, 0.3) is 0 Å². The molecule has 0 radical (unpaired) electrons. The highest BCUT2D eigenvalue weighted by Crippen LogP contribution is 2.37. The number of nitrogens with zero attached hydrogens (tertiary/aromatic N) is 5. The van der Waals surface area contributed by atoms with Crippen LogP contribution in [0.15, 0.2) is 54.3 Å². The Labute approximate surface area is 194 Å². The molecule has 0 spiro atoms. The van der Waals surface area contributed by atoms with E-state index in [9.17, 15) is 0 Å². The van der Waals surface area contributed by atoms with Gasteiger partial charge in [0.15, 0.2) is 11.6 Å². The number of fused-ring (bicyclic) bond motifs is 2. The normalized spacial score (nSPS) is 16.9. The van der Waals surface area contributed by atoms with Gasteiger partial charge in [-0.15, -0.1) is 11.3 Å². The minimum absolute atomic E-state index is 0.240. The van der Waals surface area contributed by atoms with E-state index in [0.29, 0.717) is 19.0 Å². The Kier molecular flexibility index (Phi) is 5.09. The number of anilines is 1. The van der Waals surface area contributed by atoms with Gasteiger partial charge in [-0.05, 0) is 43.3 Å². The first-order valence-corrected chi connectivity index (χ1v) is 11.8. The Hall–Kier alpha value is -3.62. The van der Waals surface area contributed by atoms with Crippen LogP contribution in [0.5, 0.6) is 0 Å². The maximum atomic E-state index is 5.69. The highest BCUT2D eigenvalue weighted by molar-refractivity contribution is 7.18. The molecule has 1 aliphatic rings. The third-order valence-electron chi connectivity index (χ3n) is 5.89. The van der Waals surface area contributed by atoms with Crippen molar-refractivity contribution in [2.24, 2.45) is 0 Å². The molecule has 1 unspecified atom stereocenters. The van der Waals surface area contributed by atoms with E-state index in [1.54, 1.807) is 23.7 Å². The molecule has 0 aromatic carbocycles. The number of thiophene rings is 1. The van der Waals surface area contributed by atoms with Crippen molar-refractivity contribution in [3.05, 3.63) is 65.6 Å². The number of aromatic nitrogens is 5. The smallest absolute Gasteiger partial charge is 0.163 e. The highest BCUT2D eigenvalue weighted by Gasteiger charge is 2.25. The standard InChI is InChI=1S/C25H22N6OS/c1-16-14-32-13-12-31(16)25-22-21(17(15-33-22)5-6-18-4-2-3-9-26-18)29-24(30-25)20-8-11-28-23-19(20)7-10-27-23/h2-11,15-16H,12-14H2,1H3,(H,27,28). The summed E-state index contributed by atoms with van der Waals surface area (Å²) in [6.45, 7) is 4.37. The Balaban J connectivity index is 1.55. The summed E-state index contributed by atoms with van der Waals surface area (Å²) in [5.41, 5.74) is 4.72. The van der Waals surface area contributed by atoms with E-state index in [1.165, 1.54) is 0 Å². The molecule has 0 bridgehead atoms.